The first-order chi connectivity index (χ1) is 9.00. The maximum atomic E-state index is 12.3. The van der Waals surface area contributed by atoms with E-state index in [0.29, 0.717) is 13.1 Å². The first-order valence-electron chi connectivity index (χ1n) is 6.59. The van der Waals surface area contributed by atoms with Gasteiger partial charge in [-0.05, 0) is 17.5 Å². The molecule has 1 N–H and O–H groups in total. The predicted molar refractivity (Wildman–Crippen MR) is 71.5 cm³/mol. The van der Waals surface area contributed by atoms with Crippen LogP contribution in [0, 0.1) is 11.8 Å². The summed E-state index contributed by atoms with van der Waals surface area (Å²) in [5.74, 6) is -2.12. The Morgan fingerprint density at radius 3 is 2.42 bits per heavy atom. The lowest BCUT2D eigenvalue weighted by atomic mass is 9.92. The van der Waals surface area contributed by atoms with E-state index in [9.17, 15) is 9.59 Å². The lowest BCUT2D eigenvalue weighted by Crippen LogP contribution is -2.41. The first kappa shape index (κ1) is 13.6. The lowest BCUT2D eigenvalue weighted by molar-refractivity contribution is -0.149. The van der Waals surface area contributed by atoms with Crippen LogP contribution in [0.4, 0.5) is 0 Å². The smallest absolute Gasteiger partial charge is 0.307 e. The summed E-state index contributed by atoms with van der Waals surface area (Å²) < 4.78 is 0. The minimum Gasteiger partial charge on any atom is -0.481 e. The first-order valence-corrected chi connectivity index (χ1v) is 6.59. The number of fused-ring (bicyclic) bond motifs is 1. The summed E-state index contributed by atoms with van der Waals surface area (Å²) in [7, 11) is 0. The molecule has 0 aromatic heterocycles. The number of hydrogen-bond acceptors (Lipinski definition) is 2. The number of carboxylic acids is 1. The summed E-state index contributed by atoms with van der Waals surface area (Å²) in [5, 5.41) is 8.99. The molecule has 4 heteroatoms. The largest absolute Gasteiger partial charge is 0.481 e. The van der Waals surface area contributed by atoms with Gasteiger partial charge in [-0.15, -0.1) is 0 Å². The van der Waals surface area contributed by atoms with Gasteiger partial charge in [0.2, 0.25) is 5.91 Å². The molecule has 1 heterocycles. The maximum absolute atomic E-state index is 12.3. The normalized spacial score (nSPS) is 17.5. The highest BCUT2D eigenvalue weighted by molar-refractivity contribution is 5.84. The van der Waals surface area contributed by atoms with E-state index in [-0.39, 0.29) is 5.91 Å². The quantitative estimate of drug-likeness (QED) is 0.904. The third-order valence-corrected chi connectivity index (χ3v) is 3.97. The molecule has 0 aliphatic carbocycles. The Kier molecular flexibility index (Phi) is 3.88. The van der Waals surface area contributed by atoms with Crippen LogP contribution in [-0.2, 0) is 22.6 Å². The zero-order valence-corrected chi connectivity index (χ0v) is 11.3. The second kappa shape index (κ2) is 5.43. The van der Waals surface area contributed by atoms with E-state index in [0.717, 1.165) is 12.0 Å². The van der Waals surface area contributed by atoms with Gasteiger partial charge in [0.25, 0.3) is 0 Å². The van der Waals surface area contributed by atoms with Crippen LogP contribution in [0.5, 0.6) is 0 Å². The van der Waals surface area contributed by atoms with Gasteiger partial charge in [-0.3, -0.25) is 9.59 Å². The van der Waals surface area contributed by atoms with Crippen LogP contribution in [0.15, 0.2) is 24.3 Å². The summed E-state index contributed by atoms with van der Waals surface area (Å²) in [5.41, 5.74) is 2.45. The van der Waals surface area contributed by atoms with Crippen LogP contribution in [0.2, 0.25) is 0 Å². The highest BCUT2D eigenvalue weighted by Gasteiger charge is 2.30. The lowest BCUT2D eigenvalue weighted by Gasteiger charge is -2.31. The highest BCUT2D eigenvalue weighted by Crippen LogP contribution is 2.22. The average molecular weight is 261 g/mol. The minimum absolute atomic E-state index is 0.0654. The molecule has 0 saturated carbocycles. The van der Waals surface area contributed by atoms with E-state index < -0.39 is 17.8 Å². The predicted octanol–water partition coefficient (Wildman–Crippen LogP) is 1.93. The van der Waals surface area contributed by atoms with Crippen LogP contribution in [0.25, 0.3) is 0 Å². The summed E-state index contributed by atoms with van der Waals surface area (Å²) in [6, 6.07) is 8.09. The van der Waals surface area contributed by atoms with Gasteiger partial charge < -0.3 is 10.0 Å². The Hall–Kier alpha value is -1.84. The summed E-state index contributed by atoms with van der Waals surface area (Å²) in [6.45, 7) is 4.54. The van der Waals surface area contributed by atoms with Crippen molar-refractivity contribution in [2.45, 2.75) is 26.8 Å². The number of nitrogens with zero attached hydrogens (tertiary/aromatic N) is 1. The molecule has 0 fully saturated rings. The van der Waals surface area contributed by atoms with Crippen molar-refractivity contribution < 1.29 is 14.7 Å². The van der Waals surface area contributed by atoms with Crippen molar-refractivity contribution in [3.05, 3.63) is 35.4 Å². The van der Waals surface area contributed by atoms with Gasteiger partial charge in [0, 0.05) is 19.0 Å². The van der Waals surface area contributed by atoms with Gasteiger partial charge in [-0.2, -0.15) is 0 Å². The monoisotopic (exact) mass is 261 g/mol. The van der Waals surface area contributed by atoms with Gasteiger partial charge >= 0.3 is 5.97 Å². The fourth-order valence-electron chi connectivity index (χ4n) is 2.40. The molecule has 4 nitrogen and oxygen atoms in total. The summed E-state index contributed by atoms with van der Waals surface area (Å²) in [6.07, 6.45) is 0.843. The Balaban J connectivity index is 2.08. The van der Waals surface area contributed by atoms with Gasteiger partial charge in [0.05, 0.1) is 5.92 Å². The molecule has 1 aliphatic rings. The van der Waals surface area contributed by atoms with Crippen molar-refractivity contribution >= 4 is 11.9 Å². The van der Waals surface area contributed by atoms with Crippen molar-refractivity contribution in [1.82, 2.24) is 4.90 Å². The van der Waals surface area contributed by atoms with E-state index in [1.165, 1.54) is 5.56 Å². The van der Waals surface area contributed by atoms with Crippen molar-refractivity contribution in [1.29, 1.82) is 0 Å². The van der Waals surface area contributed by atoms with Crippen molar-refractivity contribution in [2.75, 3.05) is 6.54 Å². The molecule has 1 aliphatic heterocycles. The van der Waals surface area contributed by atoms with Gasteiger partial charge in [-0.1, -0.05) is 38.1 Å². The molecular weight excluding hydrogens is 242 g/mol. The van der Waals surface area contributed by atoms with Crippen LogP contribution in [-0.4, -0.2) is 28.4 Å². The molecule has 1 aromatic carbocycles. The Bertz CT molecular complexity index is 498. The standard InChI is InChI=1S/C15H19NO3/c1-10(11(2)15(18)19)14(17)16-8-7-12-5-3-4-6-13(12)9-16/h3-6,10-11H,7-9H2,1-2H3,(H,18,19). The molecule has 2 rings (SSSR count). The number of carbonyl (C=O) groups is 2. The zero-order chi connectivity index (χ0) is 14.0. The molecule has 0 bridgehead atoms. The number of benzene rings is 1. The third kappa shape index (κ3) is 2.78. The van der Waals surface area contributed by atoms with Gasteiger partial charge in [0.1, 0.15) is 0 Å². The van der Waals surface area contributed by atoms with Crippen molar-refractivity contribution in [3.8, 4) is 0 Å². The summed E-state index contributed by atoms with van der Waals surface area (Å²) >= 11 is 0. The average Bonchev–Trinajstić information content (AvgIpc) is 2.44. The number of rotatable bonds is 3. The molecule has 0 saturated heterocycles. The number of amides is 1. The molecule has 19 heavy (non-hydrogen) atoms. The molecule has 2 unspecified atom stereocenters. The van der Waals surface area contributed by atoms with E-state index in [2.05, 4.69) is 6.07 Å². The SMILES string of the molecule is CC(C(=O)O)C(C)C(=O)N1CCc2ccccc2C1. The zero-order valence-electron chi connectivity index (χ0n) is 11.3. The molecule has 0 radical (unpaired) electrons. The Labute approximate surface area is 113 Å². The fraction of sp³-hybridized carbons (Fsp3) is 0.467. The van der Waals surface area contributed by atoms with Crippen LogP contribution >= 0.6 is 0 Å². The van der Waals surface area contributed by atoms with E-state index >= 15 is 0 Å². The number of carboxylic acid groups (broad SMARTS) is 1. The third-order valence-electron chi connectivity index (χ3n) is 3.97. The van der Waals surface area contributed by atoms with Crippen LogP contribution < -0.4 is 0 Å². The van der Waals surface area contributed by atoms with Gasteiger partial charge in [-0.25, -0.2) is 0 Å². The molecule has 2 atom stereocenters. The molecule has 1 aromatic rings. The van der Waals surface area contributed by atoms with Crippen molar-refractivity contribution in [2.24, 2.45) is 11.8 Å². The Morgan fingerprint density at radius 2 is 1.79 bits per heavy atom. The fourth-order valence-corrected chi connectivity index (χ4v) is 2.40. The molecule has 1 amide bonds. The molecule has 102 valence electrons. The van der Waals surface area contributed by atoms with E-state index in [1.807, 2.05) is 18.2 Å². The maximum Gasteiger partial charge on any atom is 0.307 e. The Morgan fingerprint density at radius 1 is 1.16 bits per heavy atom. The second-order valence-corrected chi connectivity index (χ2v) is 5.19. The van der Waals surface area contributed by atoms with Crippen LogP contribution in [0.1, 0.15) is 25.0 Å². The molecular formula is C15H19NO3. The number of hydrogen-bond donors (Lipinski definition) is 1. The minimum atomic E-state index is -0.918. The summed E-state index contributed by atoms with van der Waals surface area (Å²) in [4.78, 5) is 25.0. The van der Waals surface area contributed by atoms with Crippen molar-refractivity contribution in [3.63, 3.8) is 0 Å². The second-order valence-electron chi connectivity index (χ2n) is 5.19. The topological polar surface area (TPSA) is 57.6 Å². The number of carbonyl (C=O) groups excluding carboxylic acids is 1. The highest BCUT2D eigenvalue weighted by atomic mass is 16.4. The number of aliphatic carboxylic acids is 1. The van der Waals surface area contributed by atoms with E-state index in [1.54, 1.807) is 18.7 Å². The van der Waals surface area contributed by atoms with Gasteiger partial charge in [0.15, 0.2) is 0 Å². The molecule has 0 spiro atoms. The van der Waals surface area contributed by atoms with E-state index in [4.69, 9.17) is 5.11 Å². The van der Waals surface area contributed by atoms with Crippen LogP contribution in [0.3, 0.4) is 0 Å².